The summed E-state index contributed by atoms with van der Waals surface area (Å²) in [6.07, 6.45) is 4.23. The molecule has 0 spiro atoms. The highest BCUT2D eigenvalue weighted by Crippen LogP contribution is 2.28. The van der Waals surface area contributed by atoms with E-state index in [0.717, 1.165) is 47.4 Å². The minimum absolute atomic E-state index is 0.0225. The Bertz CT molecular complexity index is 1330. The Morgan fingerprint density at radius 2 is 1.81 bits per heavy atom. The van der Waals surface area contributed by atoms with Crippen LogP contribution in [0.25, 0.3) is 16.6 Å². The first-order valence-electron chi connectivity index (χ1n) is 11.0. The molecule has 7 heteroatoms. The van der Waals surface area contributed by atoms with Gasteiger partial charge in [-0.3, -0.25) is 4.79 Å². The average Bonchev–Trinajstić information content (AvgIpc) is 3.30. The number of piperidine rings is 1. The van der Waals surface area contributed by atoms with Crippen LogP contribution < -0.4 is 5.69 Å². The molecule has 0 radical (unpaired) electrons. The van der Waals surface area contributed by atoms with Gasteiger partial charge in [-0.2, -0.15) is 5.10 Å². The number of nitrogens with zero attached hydrogens (tertiary/aromatic N) is 5. The molecule has 4 aromatic rings. The monoisotopic (exact) mass is 429 g/mol. The average molecular weight is 430 g/mol. The fraction of sp³-hybridized carbons (Fsp3) is 0.320. The molecule has 1 saturated heterocycles. The first kappa shape index (κ1) is 20.3. The van der Waals surface area contributed by atoms with Gasteiger partial charge in [0.2, 0.25) is 5.91 Å². The molecule has 0 unspecified atom stereocenters. The normalized spacial score (nSPS) is 16.6. The molecule has 1 aliphatic heterocycles. The van der Waals surface area contributed by atoms with Gasteiger partial charge in [-0.15, -0.1) is 0 Å². The number of carbonyl (C=O) groups is 1. The van der Waals surface area contributed by atoms with Crippen LogP contribution in [0.15, 0.2) is 65.6 Å². The van der Waals surface area contributed by atoms with E-state index in [2.05, 4.69) is 28.0 Å². The van der Waals surface area contributed by atoms with Crippen molar-refractivity contribution in [2.45, 2.75) is 25.2 Å². The van der Waals surface area contributed by atoms with E-state index in [1.807, 2.05) is 54.4 Å². The predicted octanol–water partition coefficient (Wildman–Crippen LogP) is 3.01. The van der Waals surface area contributed by atoms with Crippen molar-refractivity contribution in [3.63, 3.8) is 0 Å². The third-order valence-electron chi connectivity index (χ3n) is 6.42. The summed E-state index contributed by atoms with van der Waals surface area (Å²) >= 11 is 0. The maximum Gasteiger partial charge on any atom is 0.350 e. The minimum atomic E-state index is -0.162. The Morgan fingerprint density at radius 1 is 1.06 bits per heavy atom. The lowest BCUT2D eigenvalue weighted by Crippen LogP contribution is -2.40. The Hall–Kier alpha value is -3.61. The van der Waals surface area contributed by atoms with E-state index in [-0.39, 0.29) is 17.5 Å². The summed E-state index contributed by atoms with van der Waals surface area (Å²) in [5.74, 6) is 0.872. The molecule has 164 valence electrons. The Balaban J connectivity index is 1.40. The summed E-state index contributed by atoms with van der Waals surface area (Å²) in [5.41, 5.74) is 2.83. The highest BCUT2D eigenvalue weighted by Gasteiger charge is 2.30. The van der Waals surface area contributed by atoms with Gasteiger partial charge in [-0.1, -0.05) is 36.4 Å². The van der Waals surface area contributed by atoms with Crippen molar-refractivity contribution in [1.29, 1.82) is 0 Å². The molecule has 0 aliphatic carbocycles. The van der Waals surface area contributed by atoms with Crippen molar-refractivity contribution in [1.82, 2.24) is 23.8 Å². The lowest BCUT2D eigenvalue weighted by Gasteiger charge is -2.32. The highest BCUT2D eigenvalue weighted by atomic mass is 16.2. The van der Waals surface area contributed by atoms with Crippen LogP contribution in [0.2, 0.25) is 0 Å². The van der Waals surface area contributed by atoms with Gasteiger partial charge in [0.25, 0.3) is 0 Å². The van der Waals surface area contributed by atoms with Gasteiger partial charge < -0.3 is 9.47 Å². The zero-order chi connectivity index (χ0) is 22.2. The van der Waals surface area contributed by atoms with Crippen LogP contribution in [0.1, 0.15) is 30.1 Å². The van der Waals surface area contributed by atoms with E-state index in [0.29, 0.717) is 13.0 Å². The predicted molar refractivity (Wildman–Crippen MR) is 124 cm³/mol. The van der Waals surface area contributed by atoms with Crippen molar-refractivity contribution in [3.05, 3.63) is 82.7 Å². The van der Waals surface area contributed by atoms with Gasteiger partial charge in [-0.05, 0) is 36.6 Å². The first-order valence-corrected chi connectivity index (χ1v) is 11.0. The zero-order valence-corrected chi connectivity index (χ0v) is 18.4. The van der Waals surface area contributed by atoms with Gasteiger partial charge in [0.05, 0.1) is 12.1 Å². The fourth-order valence-corrected chi connectivity index (χ4v) is 4.82. The van der Waals surface area contributed by atoms with Crippen molar-refractivity contribution in [2.75, 3.05) is 13.1 Å². The summed E-state index contributed by atoms with van der Waals surface area (Å²) in [6.45, 7) is 1.31. The number of likely N-dealkylation sites (tertiary alicyclic amines) is 1. The van der Waals surface area contributed by atoms with Crippen LogP contribution in [0.4, 0.5) is 0 Å². The van der Waals surface area contributed by atoms with Gasteiger partial charge in [0.1, 0.15) is 5.82 Å². The Morgan fingerprint density at radius 3 is 2.62 bits per heavy atom. The molecule has 0 bridgehead atoms. The molecule has 2 aromatic carbocycles. The maximum atomic E-state index is 13.2. The fourth-order valence-electron chi connectivity index (χ4n) is 4.82. The summed E-state index contributed by atoms with van der Waals surface area (Å²) in [4.78, 5) is 28.0. The second kappa shape index (κ2) is 8.15. The zero-order valence-electron chi connectivity index (χ0n) is 18.4. The summed E-state index contributed by atoms with van der Waals surface area (Å²) < 4.78 is 5.14. The molecule has 1 aliphatic rings. The molecule has 1 fully saturated rings. The van der Waals surface area contributed by atoms with E-state index in [9.17, 15) is 9.59 Å². The molecule has 5 rings (SSSR count). The third-order valence-corrected chi connectivity index (χ3v) is 6.42. The van der Waals surface area contributed by atoms with E-state index in [4.69, 9.17) is 0 Å². The first-order chi connectivity index (χ1) is 15.5. The number of hydrogen-bond acceptors (Lipinski definition) is 3. The Kier molecular flexibility index (Phi) is 5.17. The topological polar surface area (TPSA) is 65.1 Å². The number of hydrogen-bond donors (Lipinski definition) is 0. The van der Waals surface area contributed by atoms with Crippen LogP contribution in [-0.2, 0) is 25.3 Å². The van der Waals surface area contributed by atoms with Crippen LogP contribution in [-0.4, -0.2) is 42.8 Å². The third kappa shape index (κ3) is 3.53. The number of carbonyl (C=O) groups excluding carboxylic acids is 1. The summed E-state index contributed by atoms with van der Waals surface area (Å²) in [5, 5.41) is 5.68. The molecular formula is C25H27N5O2. The number of aryl methyl sites for hydroxylation is 2. The van der Waals surface area contributed by atoms with Crippen molar-refractivity contribution < 1.29 is 4.79 Å². The van der Waals surface area contributed by atoms with Crippen LogP contribution in [0, 0.1) is 0 Å². The molecule has 0 N–H and O–H groups in total. The second-order valence-corrected chi connectivity index (χ2v) is 8.57. The van der Waals surface area contributed by atoms with Crippen molar-refractivity contribution in [2.24, 2.45) is 14.1 Å². The largest absolute Gasteiger partial charge is 0.350 e. The van der Waals surface area contributed by atoms with Crippen LogP contribution in [0.3, 0.4) is 0 Å². The van der Waals surface area contributed by atoms with Crippen LogP contribution in [0.5, 0.6) is 0 Å². The van der Waals surface area contributed by atoms with Gasteiger partial charge in [0.15, 0.2) is 0 Å². The van der Waals surface area contributed by atoms with E-state index < -0.39 is 0 Å². The smallest absolute Gasteiger partial charge is 0.350 e. The summed E-state index contributed by atoms with van der Waals surface area (Å²) in [7, 11) is 3.69. The molecule has 32 heavy (non-hydrogen) atoms. The van der Waals surface area contributed by atoms with Crippen LogP contribution >= 0.6 is 0 Å². The number of rotatable bonds is 4. The molecule has 2 aromatic heterocycles. The number of amides is 1. The highest BCUT2D eigenvalue weighted by molar-refractivity contribution is 5.89. The molecule has 1 atom stereocenters. The summed E-state index contributed by atoms with van der Waals surface area (Å²) in [6, 6.07) is 17.8. The lowest BCUT2D eigenvalue weighted by atomic mass is 9.96. The van der Waals surface area contributed by atoms with Gasteiger partial charge in [0, 0.05) is 50.2 Å². The maximum absolute atomic E-state index is 13.2. The van der Waals surface area contributed by atoms with Crippen molar-refractivity contribution >= 4 is 16.8 Å². The molecule has 0 saturated carbocycles. The number of fused-ring (bicyclic) bond motifs is 1. The van der Waals surface area contributed by atoms with Gasteiger partial charge in [-0.25, -0.2) is 14.0 Å². The van der Waals surface area contributed by atoms with E-state index in [1.54, 1.807) is 11.6 Å². The lowest BCUT2D eigenvalue weighted by molar-refractivity contribution is -0.131. The van der Waals surface area contributed by atoms with Crippen molar-refractivity contribution in [3.8, 4) is 5.69 Å². The molecule has 3 heterocycles. The SMILES string of the molecule is Cn1nc([C@@H]2CCCN(C(=O)Cc3cn(C)c4ccccc34)C2)n(-c2ccccc2)c1=O. The van der Waals surface area contributed by atoms with E-state index >= 15 is 0 Å². The quantitative estimate of drug-likeness (QED) is 0.501. The molecular weight excluding hydrogens is 402 g/mol. The Labute approximate surface area is 186 Å². The second-order valence-electron chi connectivity index (χ2n) is 8.57. The van der Waals surface area contributed by atoms with E-state index in [1.165, 1.54) is 4.68 Å². The molecule has 1 amide bonds. The standard InChI is InChI=1S/C25H27N5O2/c1-27-16-19(21-12-6-7-13-22(21)27)15-23(31)29-14-8-9-18(17-29)24-26-28(2)25(32)30(24)20-10-4-3-5-11-20/h3-7,10-13,16,18H,8-9,14-15,17H2,1-2H3/t18-/m1/s1. The number of para-hydroxylation sites is 2. The minimum Gasteiger partial charge on any atom is -0.350 e. The van der Waals surface area contributed by atoms with Gasteiger partial charge >= 0.3 is 5.69 Å². The molecule has 7 nitrogen and oxygen atoms in total. The number of benzene rings is 2. The number of aromatic nitrogens is 4.